The van der Waals surface area contributed by atoms with Gasteiger partial charge in [-0.15, -0.1) is 5.11 Å². The Morgan fingerprint density at radius 3 is 2.39 bits per heavy atom. The van der Waals surface area contributed by atoms with Gasteiger partial charge in [0.1, 0.15) is 0 Å². The van der Waals surface area contributed by atoms with Crippen molar-refractivity contribution in [3.05, 3.63) is 70.1 Å². The zero-order chi connectivity index (χ0) is 20.3. The normalized spacial score (nSPS) is 10.9. The highest BCUT2D eigenvalue weighted by atomic mass is 16.4. The van der Waals surface area contributed by atoms with E-state index in [2.05, 4.69) is 20.6 Å². The fourth-order valence-electron chi connectivity index (χ4n) is 2.64. The van der Waals surface area contributed by atoms with Crippen molar-refractivity contribution < 1.29 is 14.7 Å². The molecule has 9 heteroatoms. The molecule has 3 aromatic rings. The first kappa shape index (κ1) is 18.8. The quantitative estimate of drug-likeness (QED) is 0.585. The minimum absolute atomic E-state index is 0.0499. The van der Waals surface area contributed by atoms with E-state index in [4.69, 9.17) is 0 Å². The number of anilines is 1. The van der Waals surface area contributed by atoms with Gasteiger partial charge in [0.05, 0.1) is 22.6 Å². The summed E-state index contributed by atoms with van der Waals surface area (Å²) in [6.07, 6.45) is 0. The molecule has 1 heterocycles. The number of benzene rings is 2. The minimum Gasteiger partial charge on any atom is -0.478 e. The molecule has 0 bridgehead atoms. The molecular weight excluding hydrogens is 362 g/mol. The minimum atomic E-state index is -1.10. The van der Waals surface area contributed by atoms with Gasteiger partial charge in [0.25, 0.3) is 5.56 Å². The topological polar surface area (TPSA) is 129 Å². The molecule has 0 spiro atoms. The Morgan fingerprint density at radius 2 is 1.75 bits per heavy atom. The second kappa shape index (κ2) is 7.70. The summed E-state index contributed by atoms with van der Waals surface area (Å²) in [4.78, 5) is 34.8. The van der Waals surface area contributed by atoms with E-state index in [0.717, 1.165) is 0 Å². The third-order valence-corrected chi connectivity index (χ3v) is 3.94. The molecule has 0 aliphatic carbocycles. The number of rotatable bonds is 5. The van der Waals surface area contributed by atoms with E-state index >= 15 is 0 Å². The highest BCUT2D eigenvalue weighted by Crippen LogP contribution is 2.23. The van der Waals surface area contributed by atoms with Crippen molar-refractivity contribution >= 4 is 28.9 Å². The summed E-state index contributed by atoms with van der Waals surface area (Å²) >= 11 is 0. The van der Waals surface area contributed by atoms with Crippen LogP contribution in [0.2, 0.25) is 0 Å². The molecule has 0 radical (unpaired) electrons. The number of nitrogens with one attached hydrogen (secondary N) is 2. The number of azo groups is 1. The summed E-state index contributed by atoms with van der Waals surface area (Å²) in [5.41, 5.74) is 1.50. The van der Waals surface area contributed by atoms with Crippen LogP contribution in [0.1, 0.15) is 23.0 Å². The summed E-state index contributed by atoms with van der Waals surface area (Å²) in [6, 6.07) is 13.0. The lowest BCUT2D eigenvalue weighted by Crippen LogP contribution is -2.09. The van der Waals surface area contributed by atoms with Crippen molar-refractivity contribution in [1.82, 2.24) is 9.78 Å². The van der Waals surface area contributed by atoms with Crippen LogP contribution >= 0.6 is 0 Å². The SMILES string of the molecule is CC(=O)Nc1ccc(N=Nc2c(C)n(-c3ccccc3C(=O)O)[nH]c2=O)cc1. The standard InChI is InChI=1S/C19H17N5O4/c1-11-17(22-21-14-9-7-13(8-10-14)20-12(2)25)18(26)23-24(11)16-6-4-3-5-15(16)19(27)28/h3-10H,1-2H3,(H,20,25)(H,23,26)(H,27,28). The number of carboxylic acids is 1. The van der Waals surface area contributed by atoms with Crippen molar-refractivity contribution in [3.8, 4) is 5.69 Å². The first-order valence-corrected chi connectivity index (χ1v) is 8.30. The number of amides is 1. The van der Waals surface area contributed by atoms with Crippen molar-refractivity contribution in [2.24, 2.45) is 10.2 Å². The molecule has 0 atom stereocenters. The Hall–Kier alpha value is -4.01. The molecule has 3 N–H and O–H groups in total. The maximum absolute atomic E-state index is 12.3. The number of H-pyrrole nitrogens is 1. The molecule has 0 saturated carbocycles. The first-order valence-electron chi connectivity index (χ1n) is 8.30. The lowest BCUT2D eigenvalue weighted by atomic mass is 10.2. The summed E-state index contributed by atoms with van der Waals surface area (Å²) in [5.74, 6) is -1.29. The van der Waals surface area contributed by atoms with Crippen LogP contribution in [0.25, 0.3) is 5.69 Å². The van der Waals surface area contributed by atoms with E-state index in [1.807, 2.05) is 0 Å². The number of carboxylic acid groups (broad SMARTS) is 1. The molecule has 3 rings (SSSR count). The number of hydrogen-bond acceptors (Lipinski definition) is 5. The fourth-order valence-corrected chi connectivity index (χ4v) is 2.64. The first-order chi connectivity index (χ1) is 13.4. The second-order valence-corrected chi connectivity index (χ2v) is 5.96. The van der Waals surface area contributed by atoms with Crippen molar-refractivity contribution in [2.75, 3.05) is 5.32 Å². The smallest absolute Gasteiger partial charge is 0.337 e. The van der Waals surface area contributed by atoms with Crippen LogP contribution in [0, 0.1) is 6.92 Å². The Kier molecular flexibility index (Phi) is 5.16. The van der Waals surface area contributed by atoms with Crippen LogP contribution in [0.4, 0.5) is 17.1 Å². The van der Waals surface area contributed by atoms with Gasteiger partial charge >= 0.3 is 5.97 Å². The fraction of sp³-hybridized carbons (Fsp3) is 0.105. The summed E-state index contributed by atoms with van der Waals surface area (Å²) in [5, 5.41) is 22.6. The van der Waals surface area contributed by atoms with Gasteiger partial charge in [0, 0.05) is 12.6 Å². The van der Waals surface area contributed by atoms with Crippen LogP contribution in [0.15, 0.2) is 63.6 Å². The van der Waals surface area contributed by atoms with Crippen LogP contribution in [0.3, 0.4) is 0 Å². The Morgan fingerprint density at radius 1 is 1.07 bits per heavy atom. The van der Waals surface area contributed by atoms with Gasteiger partial charge in [0.2, 0.25) is 5.91 Å². The Balaban J connectivity index is 1.93. The third kappa shape index (κ3) is 3.88. The molecule has 9 nitrogen and oxygen atoms in total. The largest absolute Gasteiger partial charge is 0.478 e. The monoisotopic (exact) mass is 379 g/mol. The molecular formula is C19H17N5O4. The van der Waals surface area contributed by atoms with E-state index in [0.29, 0.717) is 22.8 Å². The summed E-state index contributed by atoms with van der Waals surface area (Å²) in [7, 11) is 0. The van der Waals surface area contributed by atoms with Crippen LogP contribution in [-0.2, 0) is 4.79 Å². The lowest BCUT2D eigenvalue weighted by molar-refractivity contribution is -0.114. The van der Waals surface area contributed by atoms with Crippen LogP contribution < -0.4 is 10.9 Å². The maximum Gasteiger partial charge on any atom is 0.337 e. The Bertz CT molecular complexity index is 1130. The predicted octanol–water partition coefficient (Wildman–Crippen LogP) is 3.55. The number of aromatic nitrogens is 2. The van der Waals surface area contributed by atoms with Gasteiger partial charge in [-0.1, -0.05) is 12.1 Å². The Labute approximate surface area is 159 Å². The zero-order valence-corrected chi connectivity index (χ0v) is 15.1. The molecule has 142 valence electrons. The number of aromatic carboxylic acids is 1. The number of carbonyl (C=O) groups is 2. The maximum atomic E-state index is 12.3. The molecule has 0 saturated heterocycles. The van der Waals surface area contributed by atoms with Crippen LogP contribution in [-0.4, -0.2) is 26.8 Å². The van der Waals surface area contributed by atoms with E-state index in [1.165, 1.54) is 17.7 Å². The molecule has 0 unspecified atom stereocenters. The van der Waals surface area contributed by atoms with Crippen LogP contribution in [0.5, 0.6) is 0 Å². The van der Waals surface area contributed by atoms with Gasteiger partial charge in [0.15, 0.2) is 5.69 Å². The predicted molar refractivity (Wildman–Crippen MR) is 103 cm³/mol. The average Bonchev–Trinajstić information content (AvgIpc) is 2.94. The van der Waals surface area contributed by atoms with E-state index in [9.17, 15) is 19.5 Å². The molecule has 28 heavy (non-hydrogen) atoms. The zero-order valence-electron chi connectivity index (χ0n) is 15.1. The average molecular weight is 379 g/mol. The molecule has 2 aromatic carbocycles. The molecule has 0 fully saturated rings. The van der Waals surface area contributed by atoms with Gasteiger partial charge in [-0.25, -0.2) is 4.79 Å². The second-order valence-electron chi connectivity index (χ2n) is 5.96. The molecule has 1 aromatic heterocycles. The lowest BCUT2D eigenvalue weighted by Gasteiger charge is -2.08. The number of para-hydroxylation sites is 1. The van der Waals surface area contributed by atoms with Gasteiger partial charge in [-0.3, -0.25) is 19.4 Å². The van der Waals surface area contributed by atoms with Crippen molar-refractivity contribution in [1.29, 1.82) is 0 Å². The van der Waals surface area contributed by atoms with E-state index in [1.54, 1.807) is 49.4 Å². The molecule has 0 aliphatic rings. The number of carbonyl (C=O) groups excluding carboxylic acids is 1. The van der Waals surface area contributed by atoms with E-state index in [-0.39, 0.29) is 17.2 Å². The van der Waals surface area contributed by atoms with Gasteiger partial charge in [-0.05, 0) is 43.3 Å². The van der Waals surface area contributed by atoms with E-state index < -0.39 is 11.5 Å². The molecule has 1 amide bonds. The van der Waals surface area contributed by atoms with Crippen molar-refractivity contribution in [2.45, 2.75) is 13.8 Å². The third-order valence-electron chi connectivity index (χ3n) is 3.94. The highest BCUT2D eigenvalue weighted by Gasteiger charge is 2.17. The van der Waals surface area contributed by atoms with Crippen molar-refractivity contribution in [3.63, 3.8) is 0 Å². The summed E-state index contributed by atoms with van der Waals surface area (Å²) in [6.45, 7) is 3.06. The van der Waals surface area contributed by atoms with Gasteiger partial charge < -0.3 is 10.4 Å². The number of aromatic amines is 1. The number of hydrogen-bond donors (Lipinski definition) is 3. The highest BCUT2D eigenvalue weighted by molar-refractivity contribution is 5.92. The van der Waals surface area contributed by atoms with Gasteiger partial charge in [-0.2, -0.15) is 5.11 Å². The molecule has 0 aliphatic heterocycles. The number of nitrogens with zero attached hydrogens (tertiary/aromatic N) is 3. The summed E-state index contributed by atoms with van der Waals surface area (Å²) < 4.78 is 1.38.